The predicted molar refractivity (Wildman–Crippen MR) is 77.2 cm³/mol. The number of fused-ring (bicyclic) bond motifs is 1. The first-order chi connectivity index (χ1) is 10.1. The Labute approximate surface area is 120 Å². The van der Waals surface area contributed by atoms with Crippen molar-refractivity contribution in [3.63, 3.8) is 0 Å². The molecule has 108 valence electrons. The Balaban J connectivity index is 1.94. The van der Waals surface area contributed by atoms with Crippen LogP contribution in [-0.4, -0.2) is 22.8 Å². The molecule has 2 aromatic rings. The van der Waals surface area contributed by atoms with Crippen molar-refractivity contribution in [3.8, 4) is 0 Å². The molecule has 1 aliphatic carbocycles. The van der Waals surface area contributed by atoms with E-state index in [0.717, 1.165) is 12.8 Å². The highest BCUT2D eigenvalue weighted by Gasteiger charge is 2.27. The number of carbonyl (C=O) groups excluding carboxylic acids is 2. The normalized spacial score (nSPS) is 18.7. The molecule has 0 bridgehead atoms. The minimum Gasteiger partial charge on any atom is -0.451 e. The Kier molecular flexibility index (Phi) is 3.56. The van der Waals surface area contributed by atoms with Crippen molar-refractivity contribution in [2.75, 3.05) is 0 Å². The molecule has 0 saturated heterocycles. The molecule has 0 unspecified atom stereocenters. The van der Waals surface area contributed by atoms with Crippen LogP contribution in [0, 0.1) is 0 Å². The van der Waals surface area contributed by atoms with Gasteiger partial charge >= 0.3 is 5.97 Å². The summed E-state index contributed by atoms with van der Waals surface area (Å²) in [4.78, 5) is 38.3. The zero-order valence-corrected chi connectivity index (χ0v) is 11.4. The van der Waals surface area contributed by atoms with E-state index in [1.165, 1.54) is 6.07 Å². The number of nitrogens with one attached hydrogen (secondary N) is 1. The Morgan fingerprint density at radius 1 is 1.19 bits per heavy atom. The molecule has 3 rings (SSSR count). The summed E-state index contributed by atoms with van der Waals surface area (Å²) in [6.45, 7) is 0. The van der Waals surface area contributed by atoms with Crippen LogP contribution in [0.15, 0.2) is 35.1 Å². The van der Waals surface area contributed by atoms with Crippen LogP contribution >= 0.6 is 0 Å². The third-order valence-corrected chi connectivity index (χ3v) is 3.72. The van der Waals surface area contributed by atoms with Crippen molar-refractivity contribution in [2.24, 2.45) is 0 Å². The number of Topliss-reactive ketones (excluding diaryl/α,β-unsaturated/α-hetero) is 1. The van der Waals surface area contributed by atoms with E-state index >= 15 is 0 Å². The van der Waals surface area contributed by atoms with E-state index in [9.17, 15) is 14.4 Å². The largest absolute Gasteiger partial charge is 0.451 e. The average molecular weight is 285 g/mol. The van der Waals surface area contributed by atoms with Gasteiger partial charge in [-0.05, 0) is 25.3 Å². The summed E-state index contributed by atoms with van der Waals surface area (Å²) in [5.74, 6) is -0.652. The summed E-state index contributed by atoms with van der Waals surface area (Å²) in [6.07, 6.45) is 2.06. The van der Waals surface area contributed by atoms with Crippen molar-refractivity contribution in [3.05, 3.63) is 46.2 Å². The van der Waals surface area contributed by atoms with Crippen molar-refractivity contribution in [1.82, 2.24) is 4.98 Å². The van der Waals surface area contributed by atoms with Crippen molar-refractivity contribution in [2.45, 2.75) is 31.8 Å². The van der Waals surface area contributed by atoms with Crippen LogP contribution in [0.25, 0.3) is 10.9 Å². The number of carbonyl (C=O) groups is 2. The standard InChI is InChI=1S/C16H15NO4/c18-13-7-3-4-8-14(13)21-16(20)11-9-15(19)17-12-6-2-1-5-10(11)12/h1-2,5-6,9,14H,3-4,7-8H2,(H,17,19)/t14-/m1/s1. The minimum absolute atomic E-state index is 0.0382. The average Bonchev–Trinajstić information content (AvgIpc) is 2.48. The predicted octanol–water partition coefficient (Wildman–Crippen LogP) is 2.20. The lowest BCUT2D eigenvalue weighted by atomic mass is 9.96. The third kappa shape index (κ3) is 2.72. The van der Waals surface area contributed by atoms with Gasteiger partial charge in [0.1, 0.15) is 0 Å². The summed E-state index contributed by atoms with van der Waals surface area (Å²) in [7, 11) is 0. The van der Waals surface area contributed by atoms with Crippen molar-refractivity contribution >= 4 is 22.7 Å². The second kappa shape index (κ2) is 5.52. The number of ketones is 1. The van der Waals surface area contributed by atoms with Gasteiger partial charge in [0.15, 0.2) is 11.9 Å². The number of aromatic amines is 1. The lowest BCUT2D eigenvalue weighted by Gasteiger charge is -2.20. The summed E-state index contributed by atoms with van der Waals surface area (Å²) >= 11 is 0. The van der Waals surface area contributed by atoms with Gasteiger partial charge in [-0.15, -0.1) is 0 Å². The number of hydrogen-bond acceptors (Lipinski definition) is 4. The number of esters is 1. The number of H-pyrrole nitrogens is 1. The summed E-state index contributed by atoms with van der Waals surface area (Å²) in [5.41, 5.74) is 0.412. The lowest BCUT2D eigenvalue weighted by molar-refractivity contribution is -0.129. The Bertz CT molecular complexity index is 762. The Morgan fingerprint density at radius 2 is 2.00 bits per heavy atom. The number of pyridine rings is 1. The van der Waals surface area contributed by atoms with Crippen LogP contribution in [0.5, 0.6) is 0 Å². The smallest absolute Gasteiger partial charge is 0.339 e. The van der Waals surface area contributed by atoms with Crippen LogP contribution in [0.1, 0.15) is 36.0 Å². The third-order valence-electron chi connectivity index (χ3n) is 3.72. The van der Waals surface area contributed by atoms with Gasteiger partial charge in [0.25, 0.3) is 0 Å². The molecule has 1 heterocycles. The molecule has 1 fully saturated rings. The SMILES string of the molecule is O=C(O[C@@H]1CCCCC1=O)c1cc(=O)[nH]c2ccccc12. The van der Waals surface area contributed by atoms with Gasteiger partial charge in [-0.25, -0.2) is 4.79 Å². The second-order valence-corrected chi connectivity index (χ2v) is 5.20. The maximum absolute atomic E-state index is 12.3. The zero-order valence-electron chi connectivity index (χ0n) is 11.4. The van der Waals surface area contributed by atoms with Crippen LogP contribution in [0.4, 0.5) is 0 Å². The molecule has 1 N–H and O–H groups in total. The molecule has 5 heteroatoms. The maximum atomic E-state index is 12.3. The molecule has 1 saturated carbocycles. The maximum Gasteiger partial charge on any atom is 0.339 e. The molecule has 1 aliphatic rings. The monoisotopic (exact) mass is 285 g/mol. The molecule has 0 spiro atoms. The van der Waals surface area contributed by atoms with Crippen LogP contribution in [0.3, 0.4) is 0 Å². The molecule has 0 radical (unpaired) electrons. The fourth-order valence-electron chi connectivity index (χ4n) is 2.64. The van der Waals surface area contributed by atoms with E-state index in [2.05, 4.69) is 4.98 Å². The van der Waals surface area contributed by atoms with E-state index in [-0.39, 0.29) is 16.9 Å². The van der Waals surface area contributed by atoms with Gasteiger partial charge in [0.2, 0.25) is 5.56 Å². The number of ether oxygens (including phenoxy) is 1. The van der Waals surface area contributed by atoms with Gasteiger partial charge in [-0.1, -0.05) is 18.2 Å². The molecule has 1 aromatic carbocycles. The van der Waals surface area contributed by atoms with Gasteiger partial charge in [0.05, 0.1) is 5.56 Å². The van der Waals surface area contributed by atoms with Gasteiger partial charge in [-0.2, -0.15) is 0 Å². The fraction of sp³-hybridized carbons (Fsp3) is 0.312. The molecule has 5 nitrogen and oxygen atoms in total. The van der Waals surface area contributed by atoms with Crippen LogP contribution in [0.2, 0.25) is 0 Å². The molecule has 1 atom stereocenters. The molecular formula is C16H15NO4. The van der Waals surface area contributed by atoms with Crippen LogP contribution < -0.4 is 5.56 Å². The quantitative estimate of drug-likeness (QED) is 0.858. The lowest BCUT2D eigenvalue weighted by Crippen LogP contribution is -2.30. The highest BCUT2D eigenvalue weighted by Crippen LogP contribution is 2.21. The number of benzene rings is 1. The Hall–Kier alpha value is -2.43. The van der Waals surface area contributed by atoms with Gasteiger partial charge in [-0.3, -0.25) is 9.59 Å². The van der Waals surface area contributed by atoms with Crippen molar-refractivity contribution in [1.29, 1.82) is 0 Å². The minimum atomic E-state index is -0.677. The summed E-state index contributed by atoms with van der Waals surface area (Å²) in [5, 5.41) is 0.616. The second-order valence-electron chi connectivity index (χ2n) is 5.20. The van der Waals surface area contributed by atoms with Crippen molar-refractivity contribution < 1.29 is 14.3 Å². The van der Waals surface area contributed by atoms with E-state index in [0.29, 0.717) is 23.7 Å². The highest BCUT2D eigenvalue weighted by atomic mass is 16.5. The summed E-state index contributed by atoms with van der Waals surface area (Å²) < 4.78 is 5.31. The fourth-order valence-corrected chi connectivity index (χ4v) is 2.64. The molecule has 21 heavy (non-hydrogen) atoms. The number of rotatable bonds is 2. The van der Waals surface area contributed by atoms with Gasteiger partial charge < -0.3 is 9.72 Å². The number of aromatic nitrogens is 1. The summed E-state index contributed by atoms with van der Waals surface area (Å²) in [6, 6.07) is 8.24. The first-order valence-corrected chi connectivity index (χ1v) is 7.01. The molecular weight excluding hydrogens is 270 g/mol. The zero-order chi connectivity index (χ0) is 14.8. The first kappa shape index (κ1) is 13.5. The van der Waals surface area contributed by atoms with Crippen LogP contribution in [-0.2, 0) is 9.53 Å². The topological polar surface area (TPSA) is 76.2 Å². The molecule has 0 aliphatic heterocycles. The van der Waals surface area contributed by atoms with E-state index in [1.54, 1.807) is 24.3 Å². The Morgan fingerprint density at radius 3 is 2.81 bits per heavy atom. The number of para-hydroxylation sites is 1. The first-order valence-electron chi connectivity index (χ1n) is 7.01. The highest BCUT2D eigenvalue weighted by molar-refractivity contribution is 6.04. The van der Waals surface area contributed by atoms with E-state index in [4.69, 9.17) is 4.74 Å². The van der Waals surface area contributed by atoms with E-state index < -0.39 is 12.1 Å². The molecule has 0 amide bonds. The van der Waals surface area contributed by atoms with E-state index in [1.807, 2.05) is 0 Å². The number of hydrogen-bond donors (Lipinski definition) is 1. The van der Waals surface area contributed by atoms with Gasteiger partial charge in [0, 0.05) is 23.4 Å². The molecule has 1 aromatic heterocycles.